The van der Waals surface area contributed by atoms with Crippen molar-refractivity contribution in [1.29, 1.82) is 0 Å². The number of nitrogens with zero attached hydrogens (tertiary/aromatic N) is 6. The molecule has 5 rings (SSSR count). The minimum Gasteiger partial charge on any atom is -0.378 e. The summed E-state index contributed by atoms with van der Waals surface area (Å²) in [7, 11) is 0. The van der Waals surface area contributed by atoms with Crippen molar-refractivity contribution in [3.63, 3.8) is 0 Å². The molecule has 146 valence electrons. The van der Waals surface area contributed by atoms with E-state index in [4.69, 9.17) is 24.4 Å². The fourth-order valence-electron chi connectivity index (χ4n) is 3.82. The summed E-state index contributed by atoms with van der Waals surface area (Å²) in [4.78, 5) is 21.5. The molecule has 0 aromatic carbocycles. The Labute approximate surface area is 163 Å². The van der Waals surface area contributed by atoms with Crippen LogP contribution in [0.1, 0.15) is 25.2 Å². The van der Waals surface area contributed by atoms with E-state index in [2.05, 4.69) is 14.5 Å². The summed E-state index contributed by atoms with van der Waals surface area (Å²) >= 11 is 0. The lowest BCUT2D eigenvalue weighted by molar-refractivity contribution is -0.0530. The third kappa shape index (κ3) is 2.84. The molecule has 1 fully saturated rings. The van der Waals surface area contributed by atoms with Crippen LogP contribution in [0.25, 0.3) is 22.7 Å². The van der Waals surface area contributed by atoms with E-state index in [0.29, 0.717) is 25.6 Å². The van der Waals surface area contributed by atoms with Crippen LogP contribution in [0.15, 0.2) is 18.3 Å². The van der Waals surface area contributed by atoms with Crippen LogP contribution >= 0.6 is 0 Å². The Hall–Kier alpha value is -2.58. The van der Waals surface area contributed by atoms with Gasteiger partial charge in [-0.25, -0.2) is 15.0 Å². The zero-order chi connectivity index (χ0) is 19.3. The quantitative estimate of drug-likeness (QED) is 0.675. The highest BCUT2D eigenvalue weighted by molar-refractivity contribution is 5.86. The Kier molecular flexibility index (Phi) is 4.06. The van der Waals surface area contributed by atoms with Crippen molar-refractivity contribution in [3.05, 3.63) is 29.7 Å². The lowest BCUT2D eigenvalue weighted by atomic mass is 10.1. The maximum Gasteiger partial charge on any atom is 0.182 e. The highest BCUT2D eigenvalue weighted by atomic mass is 16.5. The van der Waals surface area contributed by atoms with Gasteiger partial charge in [-0.1, -0.05) is 6.07 Å². The molecule has 0 atom stereocenters. The first-order valence-corrected chi connectivity index (χ1v) is 9.71. The van der Waals surface area contributed by atoms with Crippen LogP contribution < -0.4 is 4.90 Å². The van der Waals surface area contributed by atoms with Gasteiger partial charge in [-0.05, 0) is 32.4 Å². The number of hydrogen-bond acceptors (Lipinski definition) is 7. The van der Waals surface area contributed by atoms with E-state index in [1.54, 1.807) is 0 Å². The second-order valence-electron chi connectivity index (χ2n) is 7.81. The normalized spacial score (nSPS) is 19.0. The first-order valence-electron chi connectivity index (χ1n) is 9.71. The molecule has 5 heterocycles. The van der Waals surface area contributed by atoms with E-state index in [1.807, 2.05) is 39.1 Å². The summed E-state index contributed by atoms with van der Waals surface area (Å²) in [5.41, 5.74) is 3.10. The maximum absolute atomic E-state index is 5.96. The van der Waals surface area contributed by atoms with Gasteiger partial charge in [0, 0.05) is 25.8 Å². The summed E-state index contributed by atoms with van der Waals surface area (Å²) in [6.07, 6.45) is 1.85. The first kappa shape index (κ1) is 17.5. The summed E-state index contributed by atoms with van der Waals surface area (Å²) in [5.74, 6) is 2.37. The van der Waals surface area contributed by atoms with E-state index in [1.165, 1.54) is 0 Å². The molecule has 3 aromatic rings. The number of pyridine rings is 1. The van der Waals surface area contributed by atoms with Gasteiger partial charge < -0.3 is 18.9 Å². The number of rotatable bonds is 2. The van der Waals surface area contributed by atoms with Crippen LogP contribution in [0.3, 0.4) is 0 Å². The zero-order valence-electron chi connectivity index (χ0n) is 16.5. The zero-order valence-corrected chi connectivity index (χ0v) is 16.5. The van der Waals surface area contributed by atoms with Crippen molar-refractivity contribution in [1.82, 2.24) is 24.5 Å². The standard InChI is InChI=1S/C20H24N6O2/c1-13-4-5-14(21-12-13)16-23-17(25-6-9-27-10-7-25)15-18(24-16)26-8-11-28-20(2,3)19(26)22-15/h4-5,12H,6-11H2,1-3H3. The molecule has 0 N–H and O–H groups in total. The first-order chi connectivity index (χ1) is 13.5. The van der Waals surface area contributed by atoms with Gasteiger partial charge in [-0.3, -0.25) is 4.98 Å². The minimum absolute atomic E-state index is 0.455. The van der Waals surface area contributed by atoms with Gasteiger partial charge in [0.1, 0.15) is 17.1 Å². The molecule has 0 bridgehead atoms. The number of morpholine rings is 1. The molecule has 2 aliphatic heterocycles. The van der Waals surface area contributed by atoms with E-state index in [9.17, 15) is 0 Å². The number of ether oxygens (including phenoxy) is 2. The van der Waals surface area contributed by atoms with Crippen molar-refractivity contribution in [2.24, 2.45) is 0 Å². The third-order valence-electron chi connectivity index (χ3n) is 5.34. The molecular weight excluding hydrogens is 356 g/mol. The monoisotopic (exact) mass is 380 g/mol. The largest absolute Gasteiger partial charge is 0.378 e. The van der Waals surface area contributed by atoms with Crippen LogP contribution in [0.5, 0.6) is 0 Å². The Morgan fingerprint density at radius 1 is 1.00 bits per heavy atom. The van der Waals surface area contributed by atoms with Crippen molar-refractivity contribution < 1.29 is 9.47 Å². The summed E-state index contributed by atoms with van der Waals surface area (Å²) < 4.78 is 13.7. The second kappa shape index (κ2) is 6.49. The molecular formula is C20H24N6O2. The molecule has 0 radical (unpaired) electrons. The number of aromatic nitrogens is 5. The summed E-state index contributed by atoms with van der Waals surface area (Å²) in [6, 6.07) is 4.01. The van der Waals surface area contributed by atoms with Crippen LogP contribution in [0.2, 0.25) is 0 Å². The number of aryl methyl sites for hydroxylation is 1. The van der Waals surface area contributed by atoms with Crippen LogP contribution in [0, 0.1) is 6.92 Å². The summed E-state index contributed by atoms with van der Waals surface area (Å²) in [5, 5.41) is 0. The van der Waals surface area contributed by atoms with Gasteiger partial charge >= 0.3 is 0 Å². The van der Waals surface area contributed by atoms with Gasteiger partial charge in [0.25, 0.3) is 0 Å². The molecule has 0 spiro atoms. The predicted octanol–water partition coefficient (Wildman–Crippen LogP) is 2.30. The van der Waals surface area contributed by atoms with Gasteiger partial charge in [0.15, 0.2) is 22.8 Å². The fraction of sp³-hybridized carbons (Fsp3) is 0.500. The highest BCUT2D eigenvalue weighted by Crippen LogP contribution is 2.34. The van der Waals surface area contributed by atoms with E-state index >= 15 is 0 Å². The number of hydrogen-bond donors (Lipinski definition) is 0. The highest BCUT2D eigenvalue weighted by Gasteiger charge is 2.34. The second-order valence-corrected chi connectivity index (χ2v) is 7.81. The number of imidazole rings is 1. The maximum atomic E-state index is 5.96. The topological polar surface area (TPSA) is 78.2 Å². The van der Waals surface area contributed by atoms with Crippen LogP contribution in [0.4, 0.5) is 5.82 Å². The molecule has 0 unspecified atom stereocenters. The van der Waals surface area contributed by atoms with Crippen molar-refractivity contribution >= 4 is 17.0 Å². The number of fused-ring (bicyclic) bond motifs is 3. The fourth-order valence-corrected chi connectivity index (χ4v) is 3.82. The molecule has 2 aliphatic rings. The van der Waals surface area contributed by atoms with Crippen molar-refractivity contribution in [2.45, 2.75) is 32.9 Å². The molecule has 8 heteroatoms. The van der Waals surface area contributed by atoms with E-state index in [0.717, 1.165) is 53.7 Å². The SMILES string of the molecule is Cc1ccc(-c2nc(N3CCOCC3)c3nc4n(c3n2)CCOC4(C)C)nc1. The Morgan fingerprint density at radius 2 is 1.82 bits per heavy atom. The molecule has 0 saturated carbocycles. The van der Waals surface area contributed by atoms with Gasteiger partial charge in [0.2, 0.25) is 0 Å². The van der Waals surface area contributed by atoms with Crippen molar-refractivity contribution in [3.8, 4) is 11.5 Å². The Morgan fingerprint density at radius 3 is 2.57 bits per heavy atom. The molecule has 0 aliphatic carbocycles. The van der Waals surface area contributed by atoms with Crippen LogP contribution in [-0.2, 0) is 21.6 Å². The lowest BCUT2D eigenvalue weighted by Crippen LogP contribution is -2.37. The van der Waals surface area contributed by atoms with E-state index < -0.39 is 5.60 Å². The average molecular weight is 380 g/mol. The minimum atomic E-state index is -0.455. The number of anilines is 1. The van der Waals surface area contributed by atoms with Gasteiger partial charge in [0.05, 0.1) is 19.8 Å². The van der Waals surface area contributed by atoms with E-state index in [-0.39, 0.29) is 0 Å². The summed E-state index contributed by atoms with van der Waals surface area (Å²) in [6.45, 7) is 10.4. The van der Waals surface area contributed by atoms with Crippen molar-refractivity contribution in [2.75, 3.05) is 37.8 Å². The molecule has 1 saturated heterocycles. The smallest absolute Gasteiger partial charge is 0.182 e. The predicted molar refractivity (Wildman–Crippen MR) is 105 cm³/mol. The Bertz CT molecular complexity index is 1020. The molecule has 3 aromatic heterocycles. The lowest BCUT2D eigenvalue weighted by Gasteiger charge is -2.30. The third-order valence-corrected chi connectivity index (χ3v) is 5.34. The Balaban J connectivity index is 1.75. The molecule has 28 heavy (non-hydrogen) atoms. The van der Waals surface area contributed by atoms with Crippen LogP contribution in [-0.4, -0.2) is 57.4 Å². The van der Waals surface area contributed by atoms with Gasteiger partial charge in [-0.2, -0.15) is 0 Å². The molecule has 8 nitrogen and oxygen atoms in total. The molecule has 0 amide bonds. The van der Waals surface area contributed by atoms with Gasteiger partial charge in [-0.15, -0.1) is 0 Å². The average Bonchev–Trinajstić information content (AvgIpc) is 3.09.